The highest BCUT2D eigenvalue weighted by atomic mass is 16.5. The summed E-state index contributed by atoms with van der Waals surface area (Å²) in [5.74, 6) is 5.80. The molecule has 0 spiro atoms. The monoisotopic (exact) mass is 413 g/mol. The van der Waals surface area contributed by atoms with Crippen molar-refractivity contribution < 1.29 is 14.6 Å². The van der Waals surface area contributed by atoms with Gasteiger partial charge in [0.05, 0.1) is 24.3 Å². The summed E-state index contributed by atoms with van der Waals surface area (Å²) in [4.78, 5) is 13.7. The molecule has 0 aliphatic heterocycles. The van der Waals surface area contributed by atoms with E-state index < -0.39 is 5.60 Å². The predicted molar refractivity (Wildman–Crippen MR) is 124 cm³/mol. The van der Waals surface area contributed by atoms with Crippen LogP contribution in [0, 0.1) is 11.8 Å². The molecule has 4 nitrogen and oxygen atoms in total. The van der Waals surface area contributed by atoms with Crippen molar-refractivity contribution in [3.63, 3.8) is 0 Å². The molecule has 1 N–H and O–H groups in total. The highest BCUT2D eigenvalue weighted by Crippen LogP contribution is 2.32. The first-order chi connectivity index (χ1) is 14.9. The second-order valence-corrected chi connectivity index (χ2v) is 7.62. The molecule has 0 bridgehead atoms. The largest absolute Gasteiger partial charge is 0.465 e. The molecule has 0 radical (unpaired) electrons. The van der Waals surface area contributed by atoms with Crippen molar-refractivity contribution in [2.45, 2.75) is 31.9 Å². The molecule has 0 heterocycles. The first kappa shape index (κ1) is 22.1. The highest BCUT2D eigenvalue weighted by Gasteiger charge is 2.33. The molecular weight excluding hydrogens is 386 g/mol. The summed E-state index contributed by atoms with van der Waals surface area (Å²) in [6, 6.07) is 26.8. The quantitative estimate of drug-likeness (QED) is 0.446. The Bertz CT molecular complexity index is 1010. The van der Waals surface area contributed by atoms with Crippen LogP contribution in [0.4, 0.5) is 11.4 Å². The van der Waals surface area contributed by atoms with Crippen LogP contribution in [-0.4, -0.2) is 29.8 Å². The number of hydrogen-bond donors (Lipinski definition) is 1. The SMILES string of the molecule is COC(=O)c1ccc(C#CC[C@@](C)(O)[C@H](C)N(c2ccccc2)c2ccccc2)cc1. The minimum atomic E-state index is -1.06. The number of carbonyl (C=O) groups is 1. The van der Waals surface area contributed by atoms with E-state index in [2.05, 4.69) is 16.7 Å². The van der Waals surface area contributed by atoms with Crippen LogP contribution in [0.5, 0.6) is 0 Å². The summed E-state index contributed by atoms with van der Waals surface area (Å²) in [6.45, 7) is 3.82. The van der Waals surface area contributed by atoms with E-state index >= 15 is 0 Å². The lowest BCUT2D eigenvalue weighted by molar-refractivity contribution is 0.0438. The van der Waals surface area contributed by atoms with E-state index in [1.165, 1.54) is 7.11 Å². The third kappa shape index (κ3) is 5.53. The molecule has 0 unspecified atom stereocenters. The third-order valence-electron chi connectivity index (χ3n) is 5.34. The topological polar surface area (TPSA) is 49.8 Å². The smallest absolute Gasteiger partial charge is 0.337 e. The Morgan fingerprint density at radius 1 is 0.968 bits per heavy atom. The number of rotatable bonds is 6. The zero-order valence-electron chi connectivity index (χ0n) is 18.1. The van der Waals surface area contributed by atoms with Crippen molar-refractivity contribution in [3.8, 4) is 11.8 Å². The number of ether oxygens (including phenoxy) is 1. The molecule has 158 valence electrons. The van der Waals surface area contributed by atoms with E-state index in [0.29, 0.717) is 12.0 Å². The van der Waals surface area contributed by atoms with Crippen molar-refractivity contribution in [2.75, 3.05) is 12.0 Å². The zero-order chi connectivity index (χ0) is 22.3. The van der Waals surface area contributed by atoms with Gasteiger partial charge in [0.15, 0.2) is 0 Å². The Hall–Kier alpha value is -3.55. The van der Waals surface area contributed by atoms with Crippen LogP contribution >= 0.6 is 0 Å². The van der Waals surface area contributed by atoms with Crippen molar-refractivity contribution in [3.05, 3.63) is 96.1 Å². The predicted octanol–water partition coefficient (Wildman–Crippen LogP) is 5.19. The fourth-order valence-corrected chi connectivity index (χ4v) is 3.33. The van der Waals surface area contributed by atoms with Gasteiger partial charge in [0.25, 0.3) is 0 Å². The van der Waals surface area contributed by atoms with Gasteiger partial charge in [-0.05, 0) is 62.4 Å². The summed E-state index contributed by atoms with van der Waals surface area (Å²) in [6.07, 6.45) is 0.295. The van der Waals surface area contributed by atoms with E-state index in [-0.39, 0.29) is 12.0 Å². The highest BCUT2D eigenvalue weighted by molar-refractivity contribution is 5.89. The van der Waals surface area contributed by atoms with Gasteiger partial charge in [0.1, 0.15) is 0 Å². The van der Waals surface area contributed by atoms with Gasteiger partial charge in [0.2, 0.25) is 0 Å². The minimum absolute atomic E-state index is 0.228. The lowest BCUT2D eigenvalue weighted by Gasteiger charge is -2.39. The first-order valence-electron chi connectivity index (χ1n) is 10.2. The number of nitrogens with zero attached hydrogens (tertiary/aromatic N) is 1. The number of hydrogen-bond acceptors (Lipinski definition) is 4. The number of aliphatic hydroxyl groups is 1. The van der Waals surface area contributed by atoms with E-state index in [1.54, 1.807) is 24.3 Å². The number of benzene rings is 3. The molecular formula is C27H27NO3. The minimum Gasteiger partial charge on any atom is -0.465 e. The van der Waals surface area contributed by atoms with Crippen molar-refractivity contribution >= 4 is 17.3 Å². The van der Waals surface area contributed by atoms with E-state index in [9.17, 15) is 9.90 Å². The van der Waals surface area contributed by atoms with Crippen molar-refractivity contribution in [2.24, 2.45) is 0 Å². The van der Waals surface area contributed by atoms with Crippen LogP contribution in [0.25, 0.3) is 0 Å². The number of anilines is 2. The Balaban J connectivity index is 1.80. The summed E-state index contributed by atoms with van der Waals surface area (Å²) < 4.78 is 4.71. The lowest BCUT2D eigenvalue weighted by atomic mass is 9.91. The maximum atomic E-state index is 11.5. The number of para-hydroxylation sites is 2. The molecule has 0 saturated carbocycles. The zero-order valence-corrected chi connectivity index (χ0v) is 18.1. The molecule has 3 aromatic rings. The molecule has 4 heteroatoms. The summed E-state index contributed by atoms with van der Waals surface area (Å²) >= 11 is 0. The average Bonchev–Trinajstić information content (AvgIpc) is 2.80. The van der Waals surface area contributed by atoms with E-state index in [0.717, 1.165) is 16.9 Å². The molecule has 0 saturated heterocycles. The van der Waals surface area contributed by atoms with Crippen LogP contribution in [0.2, 0.25) is 0 Å². The van der Waals surface area contributed by atoms with Crippen LogP contribution in [-0.2, 0) is 4.74 Å². The van der Waals surface area contributed by atoms with Gasteiger partial charge in [-0.25, -0.2) is 4.79 Å². The van der Waals surface area contributed by atoms with Crippen molar-refractivity contribution in [1.29, 1.82) is 0 Å². The Kier molecular flexibility index (Phi) is 7.12. The molecule has 3 aromatic carbocycles. The Labute approximate surface area is 184 Å². The molecule has 2 atom stereocenters. The van der Waals surface area contributed by atoms with Gasteiger partial charge in [-0.1, -0.05) is 48.2 Å². The van der Waals surface area contributed by atoms with Gasteiger partial charge < -0.3 is 14.7 Å². The van der Waals surface area contributed by atoms with Crippen LogP contribution in [0.3, 0.4) is 0 Å². The van der Waals surface area contributed by atoms with Gasteiger partial charge in [-0.15, -0.1) is 0 Å². The van der Waals surface area contributed by atoms with Crippen molar-refractivity contribution in [1.82, 2.24) is 0 Å². The normalized spacial score (nSPS) is 13.3. The van der Waals surface area contributed by atoms with Crippen LogP contribution in [0.1, 0.15) is 36.2 Å². The summed E-state index contributed by atoms with van der Waals surface area (Å²) in [7, 11) is 1.35. The lowest BCUT2D eigenvalue weighted by Crippen LogP contribution is -2.47. The number of methoxy groups -OCH3 is 1. The van der Waals surface area contributed by atoms with Gasteiger partial charge in [-0.2, -0.15) is 0 Å². The average molecular weight is 414 g/mol. The maximum Gasteiger partial charge on any atom is 0.337 e. The van der Waals surface area contributed by atoms with E-state index in [4.69, 9.17) is 4.74 Å². The third-order valence-corrected chi connectivity index (χ3v) is 5.34. The molecule has 0 amide bonds. The van der Waals surface area contributed by atoms with Gasteiger partial charge in [-0.3, -0.25) is 0 Å². The standard InChI is InChI=1S/C27H27NO3/c1-21(28(24-12-6-4-7-13-24)25-14-8-5-9-15-25)27(2,30)20-10-11-22-16-18-23(19-17-22)26(29)31-3/h4-9,12-19,21,30H,20H2,1-3H3/t21-,27+/m0/s1. The van der Waals surface area contributed by atoms with Crippen LogP contribution in [0.15, 0.2) is 84.9 Å². The molecule has 3 rings (SSSR count). The summed E-state index contributed by atoms with van der Waals surface area (Å²) in [5, 5.41) is 11.3. The molecule has 31 heavy (non-hydrogen) atoms. The maximum absolute atomic E-state index is 11.5. The fraction of sp³-hybridized carbons (Fsp3) is 0.222. The molecule has 0 aliphatic carbocycles. The van der Waals surface area contributed by atoms with Gasteiger partial charge >= 0.3 is 5.97 Å². The second kappa shape index (κ2) is 9.97. The Morgan fingerprint density at radius 2 is 1.48 bits per heavy atom. The molecule has 0 aliphatic rings. The van der Waals surface area contributed by atoms with Gasteiger partial charge in [0, 0.05) is 23.4 Å². The fourth-order valence-electron chi connectivity index (χ4n) is 3.33. The molecule has 0 aromatic heterocycles. The second-order valence-electron chi connectivity index (χ2n) is 7.62. The number of carbonyl (C=O) groups excluding carboxylic acids is 1. The van der Waals surface area contributed by atoms with Crippen LogP contribution < -0.4 is 4.90 Å². The molecule has 0 fully saturated rings. The van der Waals surface area contributed by atoms with E-state index in [1.807, 2.05) is 74.5 Å². The first-order valence-corrected chi connectivity index (χ1v) is 10.2. The Morgan fingerprint density at radius 3 is 1.97 bits per heavy atom. The number of esters is 1. The summed E-state index contributed by atoms with van der Waals surface area (Å²) in [5.41, 5.74) is 2.21.